The van der Waals surface area contributed by atoms with E-state index in [-0.39, 0.29) is 0 Å². The highest BCUT2D eigenvalue weighted by Crippen LogP contribution is 2.24. The molecule has 0 bridgehead atoms. The molecule has 1 atom stereocenters. The highest BCUT2D eigenvalue weighted by Gasteiger charge is 2.19. The number of nitrogens with one attached hydrogen (secondary N) is 1. The van der Waals surface area contributed by atoms with Gasteiger partial charge in [-0.25, -0.2) is 4.98 Å². The van der Waals surface area contributed by atoms with Gasteiger partial charge < -0.3 is 15.0 Å². The van der Waals surface area contributed by atoms with Crippen molar-refractivity contribution in [3.8, 4) is 0 Å². The quantitative estimate of drug-likeness (QED) is 0.866. The second kappa shape index (κ2) is 5.61. The van der Waals surface area contributed by atoms with E-state index in [1.807, 2.05) is 6.20 Å². The van der Waals surface area contributed by atoms with Crippen molar-refractivity contribution in [1.82, 2.24) is 10.3 Å². The maximum absolute atomic E-state index is 5.52. The topological polar surface area (TPSA) is 37.4 Å². The summed E-state index contributed by atoms with van der Waals surface area (Å²) in [6.45, 7) is 8.87. The molecule has 1 aliphatic rings. The highest BCUT2D eigenvalue weighted by atomic mass is 32.1. The summed E-state index contributed by atoms with van der Waals surface area (Å²) < 4.78 is 5.52. The van der Waals surface area contributed by atoms with E-state index in [0.29, 0.717) is 6.10 Å². The van der Waals surface area contributed by atoms with Gasteiger partial charge in [-0.3, -0.25) is 0 Å². The first kappa shape index (κ1) is 11.8. The molecule has 1 N–H and O–H groups in total. The third-order valence-electron chi connectivity index (χ3n) is 2.60. The zero-order chi connectivity index (χ0) is 11.4. The molecule has 5 heteroatoms. The lowest BCUT2D eigenvalue weighted by Crippen LogP contribution is -2.41. The monoisotopic (exact) mass is 241 g/mol. The Morgan fingerprint density at radius 1 is 1.69 bits per heavy atom. The molecule has 0 aliphatic carbocycles. The van der Waals surface area contributed by atoms with Crippen molar-refractivity contribution in [2.45, 2.75) is 26.5 Å². The van der Waals surface area contributed by atoms with Gasteiger partial charge in [0.25, 0.3) is 0 Å². The molecule has 1 unspecified atom stereocenters. The Morgan fingerprint density at radius 2 is 2.56 bits per heavy atom. The van der Waals surface area contributed by atoms with Crippen LogP contribution in [0.4, 0.5) is 5.13 Å². The van der Waals surface area contributed by atoms with Gasteiger partial charge in [-0.05, 0) is 13.5 Å². The minimum absolute atomic E-state index is 0.315. The lowest BCUT2D eigenvalue weighted by Gasteiger charge is -2.30. The Kier molecular flexibility index (Phi) is 4.15. The molecule has 2 heterocycles. The number of aromatic nitrogens is 1. The fourth-order valence-electron chi connectivity index (χ4n) is 1.77. The number of anilines is 1. The van der Waals surface area contributed by atoms with Crippen LogP contribution >= 0.6 is 11.3 Å². The molecule has 0 radical (unpaired) electrons. The summed E-state index contributed by atoms with van der Waals surface area (Å²) >= 11 is 1.78. The minimum atomic E-state index is 0.315. The van der Waals surface area contributed by atoms with Gasteiger partial charge in [-0.1, -0.05) is 6.92 Å². The number of rotatable bonds is 4. The molecule has 1 aliphatic heterocycles. The van der Waals surface area contributed by atoms with Crippen LogP contribution in [0.15, 0.2) is 6.20 Å². The van der Waals surface area contributed by atoms with Gasteiger partial charge in [0, 0.05) is 30.7 Å². The summed E-state index contributed by atoms with van der Waals surface area (Å²) in [6.07, 6.45) is 2.29. The van der Waals surface area contributed by atoms with Gasteiger partial charge in [-0.15, -0.1) is 11.3 Å². The highest BCUT2D eigenvalue weighted by molar-refractivity contribution is 7.15. The van der Waals surface area contributed by atoms with Crippen molar-refractivity contribution < 1.29 is 4.74 Å². The lowest BCUT2D eigenvalue weighted by atomic mass is 10.3. The molecule has 1 saturated heterocycles. The largest absolute Gasteiger partial charge is 0.375 e. The number of hydrogen-bond acceptors (Lipinski definition) is 5. The van der Waals surface area contributed by atoms with E-state index in [9.17, 15) is 0 Å². The molecule has 0 aromatic carbocycles. The summed E-state index contributed by atoms with van der Waals surface area (Å²) in [6, 6.07) is 0. The second-order valence-electron chi connectivity index (χ2n) is 4.02. The molecular formula is C11H19N3OS. The van der Waals surface area contributed by atoms with Crippen molar-refractivity contribution >= 4 is 16.5 Å². The van der Waals surface area contributed by atoms with Crippen LogP contribution in [0.5, 0.6) is 0 Å². The average Bonchev–Trinajstić information content (AvgIpc) is 2.75. The normalized spacial score (nSPS) is 21.4. The van der Waals surface area contributed by atoms with E-state index >= 15 is 0 Å². The van der Waals surface area contributed by atoms with Crippen molar-refractivity contribution in [2.75, 3.05) is 31.1 Å². The summed E-state index contributed by atoms with van der Waals surface area (Å²) in [5.41, 5.74) is 0. The molecule has 4 nitrogen and oxygen atoms in total. The molecule has 0 spiro atoms. The maximum atomic E-state index is 5.52. The summed E-state index contributed by atoms with van der Waals surface area (Å²) in [4.78, 5) is 8.09. The zero-order valence-electron chi connectivity index (χ0n) is 9.90. The standard InChI is InChI=1S/C11H19N3OS/c1-3-12-6-10-7-13-11(16-10)14-4-5-15-9(2)8-14/h7,9,12H,3-6,8H2,1-2H3. The SMILES string of the molecule is CCNCc1cnc(N2CCOC(C)C2)s1. The van der Waals surface area contributed by atoms with Crippen LogP contribution in [0.2, 0.25) is 0 Å². The third kappa shape index (κ3) is 2.93. The first-order chi connectivity index (χ1) is 7.79. The predicted molar refractivity (Wildman–Crippen MR) is 67.1 cm³/mol. The Labute approximate surface area is 101 Å². The van der Waals surface area contributed by atoms with Crippen molar-refractivity contribution in [3.05, 3.63) is 11.1 Å². The zero-order valence-corrected chi connectivity index (χ0v) is 10.7. The second-order valence-corrected chi connectivity index (χ2v) is 5.11. The van der Waals surface area contributed by atoms with Gasteiger partial charge >= 0.3 is 0 Å². The fraction of sp³-hybridized carbons (Fsp3) is 0.727. The van der Waals surface area contributed by atoms with Crippen LogP contribution in [0, 0.1) is 0 Å². The van der Waals surface area contributed by atoms with Gasteiger partial charge in [0.2, 0.25) is 0 Å². The van der Waals surface area contributed by atoms with E-state index in [1.165, 1.54) is 4.88 Å². The Hall–Kier alpha value is -0.650. The molecule has 0 amide bonds. The molecule has 90 valence electrons. The number of nitrogens with zero attached hydrogens (tertiary/aromatic N) is 2. The average molecular weight is 241 g/mol. The van der Waals surface area contributed by atoms with E-state index in [0.717, 1.165) is 37.9 Å². The summed E-state index contributed by atoms with van der Waals surface area (Å²) in [5.74, 6) is 0. The number of ether oxygens (including phenoxy) is 1. The van der Waals surface area contributed by atoms with E-state index < -0.39 is 0 Å². The first-order valence-corrected chi connectivity index (χ1v) is 6.63. The van der Waals surface area contributed by atoms with Crippen LogP contribution in [0.25, 0.3) is 0 Å². The Balaban J connectivity index is 1.95. The minimum Gasteiger partial charge on any atom is -0.375 e. The molecule has 16 heavy (non-hydrogen) atoms. The van der Waals surface area contributed by atoms with Crippen molar-refractivity contribution in [3.63, 3.8) is 0 Å². The van der Waals surface area contributed by atoms with Gasteiger partial charge in [0.1, 0.15) is 0 Å². The summed E-state index contributed by atoms with van der Waals surface area (Å²) in [5, 5.41) is 4.44. The van der Waals surface area contributed by atoms with E-state index in [2.05, 4.69) is 29.0 Å². The Bertz CT molecular complexity index is 329. The van der Waals surface area contributed by atoms with Gasteiger partial charge in [-0.2, -0.15) is 0 Å². The molecule has 1 aromatic rings. The number of hydrogen-bond donors (Lipinski definition) is 1. The molecule has 0 saturated carbocycles. The lowest BCUT2D eigenvalue weighted by molar-refractivity contribution is 0.0532. The van der Waals surface area contributed by atoms with Crippen LogP contribution in [-0.2, 0) is 11.3 Å². The van der Waals surface area contributed by atoms with Crippen LogP contribution in [0.3, 0.4) is 0 Å². The van der Waals surface area contributed by atoms with Crippen molar-refractivity contribution in [2.24, 2.45) is 0 Å². The maximum Gasteiger partial charge on any atom is 0.185 e. The van der Waals surface area contributed by atoms with Gasteiger partial charge in [0.15, 0.2) is 5.13 Å². The summed E-state index contributed by atoms with van der Waals surface area (Å²) in [7, 11) is 0. The van der Waals surface area contributed by atoms with E-state index in [1.54, 1.807) is 11.3 Å². The molecule has 2 rings (SSSR count). The first-order valence-electron chi connectivity index (χ1n) is 5.81. The smallest absolute Gasteiger partial charge is 0.185 e. The van der Waals surface area contributed by atoms with Crippen molar-refractivity contribution in [1.29, 1.82) is 0 Å². The van der Waals surface area contributed by atoms with Crippen LogP contribution in [-0.4, -0.2) is 37.3 Å². The predicted octanol–water partition coefficient (Wildman–Crippen LogP) is 1.48. The van der Waals surface area contributed by atoms with Gasteiger partial charge in [0.05, 0.1) is 12.7 Å². The Morgan fingerprint density at radius 3 is 3.31 bits per heavy atom. The van der Waals surface area contributed by atoms with Crippen LogP contribution in [0.1, 0.15) is 18.7 Å². The van der Waals surface area contributed by atoms with E-state index in [4.69, 9.17) is 4.74 Å². The number of morpholine rings is 1. The fourth-order valence-corrected chi connectivity index (χ4v) is 2.68. The molecular weight excluding hydrogens is 222 g/mol. The van der Waals surface area contributed by atoms with Crippen LogP contribution < -0.4 is 10.2 Å². The molecule has 1 fully saturated rings. The molecule has 1 aromatic heterocycles. The number of thiazole rings is 1. The third-order valence-corrected chi connectivity index (χ3v) is 3.66.